The number of benzene rings is 3. The zero-order chi connectivity index (χ0) is 26.8. The molecule has 3 aromatic carbocycles. The number of para-hydroxylation sites is 1. The normalized spacial score (nSPS) is 15.4. The van der Waals surface area contributed by atoms with Crippen LogP contribution >= 0.6 is 23.1 Å². The average molecular weight is 551 g/mol. The van der Waals surface area contributed by atoms with Gasteiger partial charge in [0.1, 0.15) is 11.5 Å². The number of thiazole rings is 1. The number of carbonyl (C=O) groups excluding carboxylic acids is 1. The number of nitrogens with zero attached hydrogens (tertiary/aromatic N) is 4. The fourth-order valence-corrected chi connectivity index (χ4v) is 5.67. The molecule has 1 saturated heterocycles. The molecule has 2 aromatic heterocycles. The van der Waals surface area contributed by atoms with E-state index >= 15 is 0 Å². The van der Waals surface area contributed by atoms with Crippen LogP contribution in [0.5, 0.6) is 0 Å². The number of carbonyl (C=O) groups is 1. The summed E-state index contributed by atoms with van der Waals surface area (Å²) in [5.41, 5.74) is 3.22. The Hall–Kier alpha value is -4.80. The van der Waals surface area contributed by atoms with E-state index in [2.05, 4.69) is 4.98 Å². The number of non-ortho nitro benzene ring substituents is 1. The van der Waals surface area contributed by atoms with E-state index < -0.39 is 4.92 Å². The van der Waals surface area contributed by atoms with Crippen molar-refractivity contribution in [1.29, 1.82) is 0 Å². The number of nitro benzene ring substituents is 1. The van der Waals surface area contributed by atoms with Crippen LogP contribution in [-0.2, 0) is 4.79 Å². The van der Waals surface area contributed by atoms with Crippen LogP contribution in [0, 0.1) is 10.1 Å². The van der Waals surface area contributed by atoms with Crippen molar-refractivity contribution < 1.29 is 14.1 Å². The molecule has 39 heavy (non-hydrogen) atoms. The summed E-state index contributed by atoms with van der Waals surface area (Å²) in [7, 11) is 0. The quantitative estimate of drug-likeness (QED) is 0.121. The maximum Gasteiger partial charge on any atom is 0.271 e. The van der Waals surface area contributed by atoms with Crippen molar-refractivity contribution in [2.45, 2.75) is 0 Å². The highest BCUT2D eigenvalue weighted by Crippen LogP contribution is 2.39. The first-order chi connectivity index (χ1) is 19.0. The van der Waals surface area contributed by atoms with Gasteiger partial charge in [-0.05, 0) is 48.2 Å². The number of aliphatic imine (C=N–C) groups is 1. The van der Waals surface area contributed by atoms with Crippen molar-refractivity contribution in [3.63, 3.8) is 0 Å². The van der Waals surface area contributed by atoms with E-state index in [1.807, 2.05) is 66.0 Å². The lowest BCUT2D eigenvalue weighted by atomic mass is 10.1. The van der Waals surface area contributed by atoms with Gasteiger partial charge in [0.2, 0.25) is 5.13 Å². The molecular formula is C29H18N4O4S2. The summed E-state index contributed by atoms with van der Waals surface area (Å²) in [5.74, 6) is 0.796. The Morgan fingerprint density at radius 3 is 2.33 bits per heavy atom. The minimum absolute atomic E-state index is 0.00420. The van der Waals surface area contributed by atoms with Crippen LogP contribution in [0.3, 0.4) is 0 Å². The third kappa shape index (κ3) is 5.15. The molecule has 0 unspecified atom stereocenters. The second-order valence-electron chi connectivity index (χ2n) is 8.37. The lowest BCUT2D eigenvalue weighted by molar-refractivity contribution is -0.384. The summed E-state index contributed by atoms with van der Waals surface area (Å²) < 4.78 is 5.95. The van der Waals surface area contributed by atoms with Gasteiger partial charge in [-0.15, -0.1) is 11.3 Å². The first-order valence-corrected chi connectivity index (χ1v) is 13.5. The number of nitro groups is 1. The molecule has 0 saturated carbocycles. The van der Waals surface area contributed by atoms with E-state index in [1.54, 1.807) is 35.2 Å². The minimum atomic E-state index is -0.448. The van der Waals surface area contributed by atoms with Gasteiger partial charge in [-0.3, -0.25) is 19.8 Å². The van der Waals surface area contributed by atoms with E-state index in [0.29, 0.717) is 38.0 Å². The number of furan rings is 1. The van der Waals surface area contributed by atoms with Crippen LogP contribution in [-0.4, -0.2) is 21.0 Å². The number of rotatable bonds is 6. The number of amides is 1. The zero-order valence-corrected chi connectivity index (χ0v) is 21.8. The molecule has 1 aliphatic heterocycles. The van der Waals surface area contributed by atoms with E-state index in [-0.39, 0.29) is 11.6 Å². The first-order valence-electron chi connectivity index (χ1n) is 11.8. The van der Waals surface area contributed by atoms with Gasteiger partial charge in [-0.1, -0.05) is 48.5 Å². The number of hydrogen-bond donors (Lipinski definition) is 0. The number of anilines is 1. The molecule has 6 rings (SSSR count). The highest BCUT2D eigenvalue weighted by Gasteiger charge is 2.35. The predicted octanol–water partition coefficient (Wildman–Crippen LogP) is 7.79. The molecule has 1 amide bonds. The molecule has 0 spiro atoms. The van der Waals surface area contributed by atoms with E-state index in [1.165, 1.54) is 35.2 Å². The molecule has 8 nitrogen and oxygen atoms in total. The summed E-state index contributed by atoms with van der Waals surface area (Å²) in [6.07, 6.45) is 1.68. The smallest absolute Gasteiger partial charge is 0.271 e. The second-order valence-corrected chi connectivity index (χ2v) is 10.2. The molecular weight excluding hydrogens is 532 g/mol. The SMILES string of the molecule is O=C1/C(=C\c2ccc(-c3ccc([N+](=O)[O-])cc3)o2)S/C(=N/c2nc(-c3ccccc3)cs2)N1c1ccccc1. The van der Waals surface area contributed by atoms with E-state index in [4.69, 9.17) is 9.41 Å². The van der Waals surface area contributed by atoms with Crippen LogP contribution in [0.15, 0.2) is 117 Å². The van der Waals surface area contributed by atoms with Crippen LogP contribution in [0.25, 0.3) is 28.7 Å². The highest BCUT2D eigenvalue weighted by atomic mass is 32.2. The lowest BCUT2D eigenvalue weighted by Crippen LogP contribution is -2.28. The lowest BCUT2D eigenvalue weighted by Gasteiger charge is -2.14. The second kappa shape index (κ2) is 10.5. The number of thioether (sulfide) groups is 1. The summed E-state index contributed by atoms with van der Waals surface area (Å²) in [5, 5.41) is 13.9. The topological polar surface area (TPSA) is 102 Å². The molecule has 0 bridgehead atoms. The van der Waals surface area contributed by atoms with Gasteiger partial charge in [-0.2, -0.15) is 4.99 Å². The summed E-state index contributed by atoms with van der Waals surface area (Å²) in [4.78, 5) is 35.5. The molecule has 1 aliphatic rings. The van der Waals surface area contributed by atoms with E-state index in [0.717, 1.165) is 11.3 Å². The monoisotopic (exact) mass is 550 g/mol. The van der Waals surface area contributed by atoms with Crippen LogP contribution in [0.1, 0.15) is 5.76 Å². The molecule has 190 valence electrons. The Labute approximate surface area is 231 Å². The number of amidine groups is 1. The third-order valence-corrected chi connectivity index (χ3v) is 7.54. The summed E-state index contributed by atoms with van der Waals surface area (Å²) in [6.45, 7) is 0. The van der Waals surface area contributed by atoms with E-state index in [9.17, 15) is 14.9 Å². The van der Waals surface area contributed by atoms with Crippen molar-refractivity contribution in [3.05, 3.63) is 123 Å². The van der Waals surface area contributed by atoms with Gasteiger partial charge in [0.15, 0.2) is 5.17 Å². The van der Waals surface area contributed by atoms with Gasteiger partial charge in [-0.25, -0.2) is 4.98 Å². The Balaban J connectivity index is 1.31. The van der Waals surface area contributed by atoms with Crippen molar-refractivity contribution in [2.24, 2.45) is 4.99 Å². The fraction of sp³-hybridized carbons (Fsp3) is 0. The highest BCUT2D eigenvalue weighted by molar-refractivity contribution is 8.19. The molecule has 0 atom stereocenters. The van der Waals surface area contributed by atoms with Crippen molar-refractivity contribution in [3.8, 4) is 22.6 Å². The average Bonchev–Trinajstić information content (AvgIpc) is 3.70. The largest absolute Gasteiger partial charge is 0.457 e. The standard InChI is InChI=1S/C29H18N4O4S2/c34-27-26(17-23-15-16-25(37-23)20-11-13-22(14-12-20)33(35)36)39-29(32(27)21-9-5-2-6-10-21)31-28-30-24(18-38-28)19-7-3-1-4-8-19/h1-18H/b26-17+,31-29+. The Morgan fingerprint density at radius 1 is 0.897 bits per heavy atom. The fourth-order valence-electron chi connectivity index (χ4n) is 3.95. The van der Waals surface area contributed by atoms with Crippen molar-refractivity contribution in [1.82, 2.24) is 4.98 Å². The van der Waals surface area contributed by atoms with Gasteiger partial charge in [0, 0.05) is 34.7 Å². The summed E-state index contributed by atoms with van der Waals surface area (Å²) >= 11 is 2.65. The van der Waals surface area contributed by atoms with Gasteiger partial charge >= 0.3 is 0 Å². The third-order valence-electron chi connectivity index (χ3n) is 5.84. The molecule has 10 heteroatoms. The molecule has 1 fully saturated rings. The maximum atomic E-state index is 13.5. The molecule has 5 aromatic rings. The zero-order valence-electron chi connectivity index (χ0n) is 20.1. The Kier molecular flexibility index (Phi) is 6.62. The first kappa shape index (κ1) is 24.5. The minimum Gasteiger partial charge on any atom is -0.457 e. The van der Waals surface area contributed by atoms with Gasteiger partial charge < -0.3 is 4.42 Å². The summed E-state index contributed by atoms with van der Waals surface area (Å²) in [6, 6.07) is 28.8. The number of aromatic nitrogens is 1. The maximum absolute atomic E-state index is 13.5. The predicted molar refractivity (Wildman–Crippen MR) is 155 cm³/mol. The number of hydrogen-bond acceptors (Lipinski definition) is 8. The molecule has 0 N–H and O–H groups in total. The van der Waals surface area contributed by atoms with Gasteiger partial charge in [0.25, 0.3) is 11.6 Å². The Morgan fingerprint density at radius 2 is 1.62 bits per heavy atom. The van der Waals surface area contributed by atoms with Crippen molar-refractivity contribution >= 4 is 56.8 Å². The molecule has 0 radical (unpaired) electrons. The van der Waals surface area contributed by atoms with Gasteiger partial charge in [0.05, 0.1) is 21.2 Å². The Bertz CT molecular complexity index is 1730. The van der Waals surface area contributed by atoms with Crippen LogP contribution in [0.2, 0.25) is 0 Å². The van der Waals surface area contributed by atoms with Crippen LogP contribution < -0.4 is 4.90 Å². The molecule has 0 aliphatic carbocycles. The van der Waals surface area contributed by atoms with Crippen LogP contribution in [0.4, 0.5) is 16.5 Å². The van der Waals surface area contributed by atoms with Crippen molar-refractivity contribution in [2.75, 3.05) is 4.90 Å². The molecule has 3 heterocycles.